The van der Waals surface area contributed by atoms with Crippen molar-refractivity contribution < 1.29 is 17.0 Å². The maximum Gasteiger partial charge on any atom is 2.00 e. The van der Waals surface area contributed by atoms with Gasteiger partial charge in [0.1, 0.15) is 0 Å². The van der Waals surface area contributed by atoms with Crippen LogP contribution in [0.4, 0.5) is 0 Å². The maximum atomic E-state index is 5.43. The van der Waals surface area contributed by atoms with Crippen LogP contribution < -0.4 is 17.0 Å². The minimum absolute atomic E-state index is 0. The van der Waals surface area contributed by atoms with Crippen LogP contribution >= 0.6 is 22.2 Å². The van der Waals surface area contributed by atoms with E-state index in [0.717, 1.165) is 0 Å². The van der Waals surface area contributed by atoms with E-state index in [0.29, 0.717) is 0 Å². The second kappa shape index (κ2) is 19.4. The summed E-state index contributed by atoms with van der Waals surface area (Å²) in [5.74, 6) is 0. The van der Waals surface area contributed by atoms with Crippen LogP contribution in [0.3, 0.4) is 0 Å². The number of allylic oxidation sites excluding steroid dienone is 3. The fraction of sp³-hybridized carbons (Fsp3) is 0.462. The second-order valence-corrected chi connectivity index (χ2v) is 18.8. The number of hydrogen-bond donors (Lipinski definition) is 0. The zero-order chi connectivity index (χ0) is 14.5. The van der Waals surface area contributed by atoms with Crippen molar-refractivity contribution in [1.29, 1.82) is 0 Å². The Labute approximate surface area is 159 Å². The molecule has 0 nitrogen and oxygen atoms in total. The van der Waals surface area contributed by atoms with Crippen molar-refractivity contribution >= 4 is 60.0 Å². The normalized spacial score (nSPS) is 8.95. The van der Waals surface area contributed by atoms with E-state index < -0.39 is 14.8 Å². The smallest absolute Gasteiger partial charge is 1.00 e. The van der Waals surface area contributed by atoms with Crippen molar-refractivity contribution in [3.8, 4) is 0 Å². The molecule has 110 valence electrons. The molecular formula is C13H27BrCl2MgSi2. The third-order valence-corrected chi connectivity index (χ3v) is 4.18. The first-order chi connectivity index (χ1) is 7.54. The predicted octanol–water partition coefficient (Wildman–Crippen LogP) is 2.86. The fourth-order valence-electron chi connectivity index (χ4n) is 0.865. The molecule has 0 rings (SSSR count). The summed E-state index contributed by atoms with van der Waals surface area (Å²) in [4.78, 5) is 0. The summed E-state index contributed by atoms with van der Waals surface area (Å²) >= 11 is 10.9. The minimum Gasteiger partial charge on any atom is -1.00 e. The molecule has 6 heteroatoms. The van der Waals surface area contributed by atoms with Gasteiger partial charge in [0, 0.05) is 0 Å². The summed E-state index contributed by atoms with van der Waals surface area (Å²) < 4.78 is 0. The van der Waals surface area contributed by atoms with Crippen LogP contribution in [0.15, 0.2) is 38.0 Å². The summed E-state index contributed by atoms with van der Waals surface area (Å²) in [7, 11) is -0.939. The third-order valence-electron chi connectivity index (χ3n) is 1.39. The molecule has 0 spiro atoms. The molecule has 19 heavy (non-hydrogen) atoms. The molecule has 0 amide bonds. The van der Waals surface area contributed by atoms with E-state index in [-0.39, 0.29) is 40.0 Å². The molecule has 0 aromatic heterocycles. The molecule has 0 aliphatic carbocycles. The van der Waals surface area contributed by atoms with Gasteiger partial charge in [0.2, 0.25) is 6.69 Å². The molecule has 0 saturated heterocycles. The largest absolute Gasteiger partial charge is 2.00 e. The van der Waals surface area contributed by atoms with Crippen LogP contribution in [0.25, 0.3) is 0 Å². The summed E-state index contributed by atoms with van der Waals surface area (Å²) in [6, 6.07) is 2.41. The van der Waals surface area contributed by atoms with E-state index in [4.69, 9.17) is 22.2 Å². The van der Waals surface area contributed by atoms with Gasteiger partial charge in [-0.2, -0.15) is 0 Å². The van der Waals surface area contributed by atoms with Gasteiger partial charge in [0.05, 0.1) is 8.07 Å². The first kappa shape index (κ1) is 32.3. The molecule has 0 fully saturated rings. The summed E-state index contributed by atoms with van der Waals surface area (Å²) in [5.41, 5.74) is 0. The molecule has 0 radical (unpaired) electrons. The Morgan fingerprint density at radius 1 is 0.947 bits per heavy atom. The number of halogens is 3. The van der Waals surface area contributed by atoms with E-state index in [1.54, 1.807) is 0 Å². The van der Waals surface area contributed by atoms with Crippen LogP contribution in [0.1, 0.15) is 0 Å². The Bertz CT molecular complexity index is 199. The van der Waals surface area contributed by atoms with Gasteiger partial charge in [-0.15, -0.1) is 35.3 Å². The molecule has 0 N–H and O–H groups in total. The first-order valence-electron chi connectivity index (χ1n) is 5.53. The Kier molecular flexibility index (Phi) is 32.9. The van der Waals surface area contributed by atoms with Crippen molar-refractivity contribution in [1.82, 2.24) is 0 Å². The molecule has 0 atom stereocenters. The summed E-state index contributed by atoms with van der Waals surface area (Å²) in [6.45, 7) is 20.7. The first-order valence-corrected chi connectivity index (χ1v) is 14.0. The monoisotopic (exact) mass is 412 g/mol. The Morgan fingerprint density at radius 3 is 1.21 bits per heavy atom. The van der Waals surface area contributed by atoms with Gasteiger partial charge in [0.15, 0.2) is 0 Å². The third kappa shape index (κ3) is 66.6. The SMILES string of the molecule is C=CC[Si](C)(C)CC=C.C=C[CH2-].C[Si](C)(Cl)Cl.[Br-].[Mg+2]. The van der Waals surface area contributed by atoms with E-state index in [9.17, 15) is 0 Å². The number of hydrogen-bond acceptors (Lipinski definition) is 0. The van der Waals surface area contributed by atoms with Gasteiger partial charge in [-0.25, -0.2) is 19.6 Å². The summed E-state index contributed by atoms with van der Waals surface area (Å²) in [5, 5.41) is 0. The van der Waals surface area contributed by atoms with Crippen molar-refractivity contribution in [3.05, 3.63) is 44.9 Å². The Morgan fingerprint density at radius 2 is 1.11 bits per heavy atom. The van der Waals surface area contributed by atoms with Gasteiger partial charge in [-0.3, -0.25) is 0 Å². The van der Waals surface area contributed by atoms with E-state index in [1.807, 2.05) is 25.2 Å². The molecular weight excluding hydrogens is 387 g/mol. The summed E-state index contributed by atoms with van der Waals surface area (Å²) in [6.07, 6.45) is 5.55. The fourth-order valence-corrected chi connectivity index (χ4v) is 2.59. The molecule has 0 aliphatic rings. The molecule has 0 aromatic rings. The molecule has 0 bridgehead atoms. The zero-order valence-electron chi connectivity index (χ0n) is 12.8. The Hall–Kier alpha value is 1.35. The number of rotatable bonds is 4. The predicted molar refractivity (Wildman–Crippen MR) is 98.0 cm³/mol. The molecule has 0 heterocycles. The van der Waals surface area contributed by atoms with Crippen LogP contribution in [-0.2, 0) is 0 Å². The van der Waals surface area contributed by atoms with Crippen molar-refractivity contribution in [2.75, 3.05) is 0 Å². The topological polar surface area (TPSA) is 0 Å². The molecule has 0 saturated carbocycles. The minimum atomic E-state index is -1.67. The molecule has 0 aromatic carbocycles. The van der Waals surface area contributed by atoms with Gasteiger partial charge < -0.3 is 17.0 Å². The van der Waals surface area contributed by atoms with Crippen molar-refractivity contribution in [3.63, 3.8) is 0 Å². The quantitative estimate of drug-likeness (QED) is 0.287. The van der Waals surface area contributed by atoms with Gasteiger partial charge in [-0.05, 0) is 25.2 Å². The van der Waals surface area contributed by atoms with E-state index in [2.05, 4.69) is 39.8 Å². The Balaban J connectivity index is -0.0000000565. The van der Waals surface area contributed by atoms with Crippen molar-refractivity contribution in [2.24, 2.45) is 0 Å². The van der Waals surface area contributed by atoms with Gasteiger partial charge in [0.25, 0.3) is 0 Å². The molecule has 0 aliphatic heterocycles. The van der Waals surface area contributed by atoms with Crippen LogP contribution in [0.5, 0.6) is 0 Å². The molecule has 0 unspecified atom stereocenters. The average Bonchev–Trinajstić information content (AvgIpc) is 2.01. The van der Waals surface area contributed by atoms with Gasteiger partial charge in [-0.1, -0.05) is 25.2 Å². The zero-order valence-corrected chi connectivity index (χ0v) is 19.3. The maximum absolute atomic E-state index is 5.43. The average molecular weight is 415 g/mol. The van der Waals surface area contributed by atoms with E-state index >= 15 is 0 Å². The van der Waals surface area contributed by atoms with Crippen molar-refractivity contribution in [2.45, 2.75) is 38.3 Å². The standard InChI is InChI=1S/C8H16Si.C3H5.C2H6Cl2Si.BrH.Mg/c1-5-7-9(3,4)8-6-2;1-3-2;1-5(2,3)4;;/h5-6H,1-2,7-8H2,3-4H3;3H,1-2H2;1-2H3;1H;/q;-1;;;+2/p-1. The van der Waals surface area contributed by atoms with Crippen LogP contribution in [0, 0.1) is 6.92 Å². The second-order valence-electron chi connectivity index (χ2n) is 4.77. The van der Waals surface area contributed by atoms with Crippen LogP contribution in [0.2, 0.25) is 38.3 Å². The van der Waals surface area contributed by atoms with Gasteiger partial charge >= 0.3 is 23.1 Å². The van der Waals surface area contributed by atoms with Crippen LogP contribution in [-0.4, -0.2) is 37.8 Å². The van der Waals surface area contributed by atoms with E-state index in [1.165, 1.54) is 18.2 Å².